The Morgan fingerprint density at radius 1 is 0.931 bits per heavy atom. The molecule has 3 aromatic rings. The average molecular weight is 420 g/mol. The maximum Gasteiger partial charge on any atom is 0.143 e. The number of terminal acetylenes is 1. The van der Waals surface area contributed by atoms with Gasteiger partial charge in [-0.2, -0.15) is 5.10 Å². The molecule has 0 saturated carbocycles. The van der Waals surface area contributed by atoms with Crippen molar-refractivity contribution in [1.82, 2.24) is 15.2 Å². The quantitative estimate of drug-likeness (QED) is 0.358. The summed E-state index contributed by atoms with van der Waals surface area (Å²) in [6, 6.07) is 14.1. The molecule has 2 aliphatic carbocycles. The van der Waals surface area contributed by atoms with Crippen LogP contribution in [0.3, 0.4) is 0 Å². The molecule has 0 atom stereocenters. The number of fused-ring (bicyclic) bond motifs is 2. The van der Waals surface area contributed by atoms with Crippen LogP contribution in [0.5, 0.6) is 5.75 Å². The molecule has 29 heavy (non-hydrogen) atoms. The van der Waals surface area contributed by atoms with E-state index < -0.39 is 0 Å². The van der Waals surface area contributed by atoms with Gasteiger partial charge in [-0.15, -0.1) is 11.5 Å². The molecule has 5 rings (SSSR count). The minimum absolute atomic E-state index is 0.431. The topological polar surface area (TPSA) is 47.9 Å². The van der Waals surface area contributed by atoms with Gasteiger partial charge in [-0.05, 0) is 40.8 Å². The zero-order chi connectivity index (χ0) is 20.4. The Balaban J connectivity index is 0.000000286. The fourth-order valence-corrected chi connectivity index (χ4v) is 3.49. The van der Waals surface area contributed by atoms with Crippen LogP contribution in [-0.4, -0.2) is 22.3 Å². The molecule has 2 aromatic heterocycles. The third-order valence-electron chi connectivity index (χ3n) is 4.71. The molecule has 0 aliphatic heterocycles. The summed E-state index contributed by atoms with van der Waals surface area (Å²) in [5, 5.41) is 11.0. The standard InChI is InChI=1S/C17H11Cl2N3O.C6H4/c1-3-16-12-6-10(23-2)4-5-11(12)17(22-21-16)7-13-14(18)8-20-9-15(13)19;1-2-6-4-3-5(1)6/h1,4-6,8-9H,7H2,2H3;1-4H. The van der Waals surface area contributed by atoms with E-state index in [0.717, 1.165) is 22.0 Å². The number of ether oxygens (including phenoxy) is 1. The second-order valence-electron chi connectivity index (χ2n) is 6.39. The molecular formula is C23H15Cl2N3O. The molecule has 0 saturated heterocycles. The summed E-state index contributed by atoms with van der Waals surface area (Å²) in [4.78, 5) is 3.96. The third kappa shape index (κ3) is 3.75. The van der Waals surface area contributed by atoms with E-state index >= 15 is 0 Å². The van der Waals surface area contributed by atoms with Gasteiger partial charge >= 0.3 is 0 Å². The van der Waals surface area contributed by atoms with Gasteiger partial charge in [0.1, 0.15) is 11.4 Å². The third-order valence-corrected chi connectivity index (χ3v) is 5.37. The second kappa shape index (κ2) is 8.08. The molecule has 0 unspecified atom stereocenters. The lowest BCUT2D eigenvalue weighted by molar-refractivity contribution is 0.415. The summed E-state index contributed by atoms with van der Waals surface area (Å²) in [5.41, 5.74) is 4.81. The molecule has 1 aromatic carbocycles. The van der Waals surface area contributed by atoms with Crippen LogP contribution in [0.15, 0.2) is 54.9 Å². The van der Waals surface area contributed by atoms with Gasteiger partial charge in [0.15, 0.2) is 0 Å². The average Bonchev–Trinajstić information content (AvgIpc) is 2.73. The lowest BCUT2D eigenvalue weighted by Gasteiger charge is -2.10. The summed E-state index contributed by atoms with van der Waals surface area (Å²) in [6.07, 6.45) is 9.05. The van der Waals surface area contributed by atoms with E-state index in [4.69, 9.17) is 34.4 Å². The number of rotatable bonds is 3. The fourth-order valence-electron chi connectivity index (χ4n) is 2.99. The molecule has 0 fully saturated rings. The Hall–Kier alpha value is -3.13. The zero-order valence-electron chi connectivity index (χ0n) is 15.5. The van der Waals surface area contributed by atoms with Gasteiger partial charge in [0.05, 0.1) is 22.8 Å². The molecular weight excluding hydrogens is 405 g/mol. The number of methoxy groups -OCH3 is 1. The first-order chi connectivity index (χ1) is 14.1. The van der Waals surface area contributed by atoms with E-state index in [1.165, 1.54) is 11.1 Å². The lowest BCUT2D eigenvalue weighted by Crippen LogP contribution is -2.01. The normalized spacial score (nSPS) is 10.7. The molecule has 2 heterocycles. The Labute approximate surface area is 178 Å². The first-order valence-electron chi connectivity index (χ1n) is 8.79. The van der Waals surface area contributed by atoms with Crippen LogP contribution >= 0.6 is 23.2 Å². The van der Waals surface area contributed by atoms with E-state index in [1.54, 1.807) is 19.5 Å². The maximum atomic E-state index is 6.19. The molecule has 142 valence electrons. The largest absolute Gasteiger partial charge is 0.497 e. The fraction of sp³-hybridized carbons (Fsp3) is 0.0870. The number of aromatic nitrogens is 3. The van der Waals surface area contributed by atoms with Crippen molar-refractivity contribution in [3.63, 3.8) is 0 Å². The van der Waals surface area contributed by atoms with Gasteiger partial charge in [0.2, 0.25) is 0 Å². The molecule has 2 aliphatic rings. The summed E-state index contributed by atoms with van der Waals surface area (Å²) in [6.45, 7) is 0. The van der Waals surface area contributed by atoms with Gasteiger partial charge in [-0.1, -0.05) is 47.5 Å². The van der Waals surface area contributed by atoms with Crippen LogP contribution < -0.4 is 4.74 Å². The van der Waals surface area contributed by atoms with Gasteiger partial charge in [0, 0.05) is 29.6 Å². The highest BCUT2D eigenvalue weighted by Crippen LogP contribution is 2.30. The first-order valence-corrected chi connectivity index (χ1v) is 9.54. The molecule has 0 spiro atoms. The van der Waals surface area contributed by atoms with Crippen molar-refractivity contribution in [3.05, 3.63) is 81.9 Å². The SMILES string of the molecule is C#Cc1nnc(Cc2c(Cl)cncc2Cl)c2ccc(OC)cc12.c1cc2ccc1-2. The van der Waals surface area contributed by atoms with Crippen molar-refractivity contribution in [2.75, 3.05) is 7.11 Å². The zero-order valence-corrected chi connectivity index (χ0v) is 17.0. The number of halogens is 2. The number of hydrogen-bond donors (Lipinski definition) is 0. The van der Waals surface area contributed by atoms with E-state index in [2.05, 4.69) is 45.4 Å². The van der Waals surface area contributed by atoms with Crippen LogP contribution in [0.2, 0.25) is 10.0 Å². The van der Waals surface area contributed by atoms with Crippen molar-refractivity contribution < 1.29 is 4.74 Å². The second-order valence-corrected chi connectivity index (χ2v) is 7.20. The Morgan fingerprint density at radius 3 is 2.10 bits per heavy atom. The molecule has 0 amide bonds. The van der Waals surface area contributed by atoms with Crippen LogP contribution in [0.1, 0.15) is 17.0 Å². The minimum Gasteiger partial charge on any atom is -0.497 e. The number of pyridine rings is 1. The van der Waals surface area contributed by atoms with E-state index in [0.29, 0.717) is 27.9 Å². The lowest BCUT2D eigenvalue weighted by atomic mass is 9.95. The molecule has 6 heteroatoms. The predicted molar refractivity (Wildman–Crippen MR) is 117 cm³/mol. The maximum absolute atomic E-state index is 6.19. The highest BCUT2D eigenvalue weighted by atomic mass is 35.5. The van der Waals surface area contributed by atoms with Crippen molar-refractivity contribution in [2.24, 2.45) is 0 Å². The first kappa shape index (κ1) is 19.2. The van der Waals surface area contributed by atoms with E-state index in [-0.39, 0.29) is 0 Å². The van der Waals surface area contributed by atoms with E-state index in [1.807, 2.05) is 18.2 Å². The summed E-state index contributed by atoms with van der Waals surface area (Å²) in [5.74, 6) is 3.25. The molecule has 0 radical (unpaired) electrons. The van der Waals surface area contributed by atoms with Gasteiger partial charge in [0.25, 0.3) is 0 Å². The Bertz CT molecular complexity index is 1210. The molecule has 0 N–H and O–H groups in total. The Kier molecular flexibility index (Phi) is 5.35. The van der Waals surface area contributed by atoms with Gasteiger partial charge < -0.3 is 4.74 Å². The summed E-state index contributed by atoms with van der Waals surface area (Å²) < 4.78 is 5.25. The van der Waals surface area contributed by atoms with Crippen LogP contribution in [0.25, 0.3) is 21.9 Å². The highest BCUT2D eigenvalue weighted by Gasteiger charge is 2.14. The minimum atomic E-state index is 0.431. The number of nitrogens with zero attached hydrogens (tertiary/aromatic N) is 3. The number of benzene rings is 2. The summed E-state index contributed by atoms with van der Waals surface area (Å²) in [7, 11) is 1.60. The van der Waals surface area contributed by atoms with Crippen LogP contribution in [-0.2, 0) is 6.42 Å². The van der Waals surface area contributed by atoms with Crippen LogP contribution in [0, 0.1) is 12.3 Å². The predicted octanol–water partition coefficient (Wildman–Crippen LogP) is 5.58. The Morgan fingerprint density at radius 2 is 1.59 bits per heavy atom. The smallest absolute Gasteiger partial charge is 0.143 e. The van der Waals surface area contributed by atoms with E-state index in [9.17, 15) is 0 Å². The van der Waals surface area contributed by atoms with Gasteiger partial charge in [-0.3, -0.25) is 4.98 Å². The summed E-state index contributed by atoms with van der Waals surface area (Å²) >= 11 is 12.4. The van der Waals surface area contributed by atoms with Crippen molar-refractivity contribution in [3.8, 4) is 29.2 Å². The van der Waals surface area contributed by atoms with Crippen molar-refractivity contribution in [1.29, 1.82) is 0 Å². The van der Waals surface area contributed by atoms with Gasteiger partial charge in [-0.25, -0.2) is 0 Å². The monoisotopic (exact) mass is 419 g/mol. The van der Waals surface area contributed by atoms with Crippen LogP contribution in [0.4, 0.5) is 0 Å². The highest BCUT2D eigenvalue weighted by molar-refractivity contribution is 6.35. The molecule has 0 bridgehead atoms. The molecule has 4 nitrogen and oxygen atoms in total. The van der Waals surface area contributed by atoms with Crippen molar-refractivity contribution >= 4 is 34.0 Å². The van der Waals surface area contributed by atoms with Crippen molar-refractivity contribution in [2.45, 2.75) is 6.42 Å². The number of hydrogen-bond acceptors (Lipinski definition) is 4.